The van der Waals surface area contributed by atoms with Gasteiger partial charge in [0.25, 0.3) is 0 Å². The number of rotatable bonds is 3. The molecule has 1 nitrogen and oxygen atoms in total. The molecule has 0 aliphatic heterocycles. The van der Waals surface area contributed by atoms with Gasteiger partial charge in [-0.05, 0) is 53.5 Å². The molecular formula is C15H18ClIO. The molecule has 1 aromatic rings. The van der Waals surface area contributed by atoms with Crippen LogP contribution in [0, 0.1) is 15.4 Å². The van der Waals surface area contributed by atoms with Gasteiger partial charge in [0.2, 0.25) is 0 Å². The summed E-state index contributed by atoms with van der Waals surface area (Å²) in [6.07, 6.45) is 5.81. The SMILES string of the molecule is CCC1CCCCC1C(=O)c1ccc(I)c(Cl)c1. The maximum atomic E-state index is 12.6. The summed E-state index contributed by atoms with van der Waals surface area (Å²) in [6.45, 7) is 2.19. The highest BCUT2D eigenvalue weighted by Crippen LogP contribution is 2.35. The van der Waals surface area contributed by atoms with E-state index in [0.717, 1.165) is 22.0 Å². The lowest BCUT2D eigenvalue weighted by Gasteiger charge is -2.29. The number of halogens is 2. The molecule has 3 heteroatoms. The number of Topliss-reactive ketones (excluding diaryl/α,β-unsaturated/α-hetero) is 1. The normalized spacial score (nSPS) is 23.9. The number of benzene rings is 1. The van der Waals surface area contributed by atoms with Crippen LogP contribution in [-0.2, 0) is 0 Å². The third kappa shape index (κ3) is 3.08. The van der Waals surface area contributed by atoms with Gasteiger partial charge in [-0.3, -0.25) is 4.79 Å². The molecule has 0 radical (unpaired) electrons. The summed E-state index contributed by atoms with van der Waals surface area (Å²) in [5.41, 5.74) is 0.783. The van der Waals surface area contributed by atoms with Crippen LogP contribution in [0.15, 0.2) is 18.2 Å². The largest absolute Gasteiger partial charge is 0.294 e. The van der Waals surface area contributed by atoms with Gasteiger partial charge < -0.3 is 0 Å². The van der Waals surface area contributed by atoms with Gasteiger partial charge in [-0.1, -0.05) is 43.9 Å². The van der Waals surface area contributed by atoms with E-state index in [2.05, 4.69) is 29.5 Å². The number of hydrogen-bond donors (Lipinski definition) is 0. The summed E-state index contributed by atoms with van der Waals surface area (Å²) in [6, 6.07) is 5.67. The zero-order valence-corrected chi connectivity index (χ0v) is 13.5. The highest BCUT2D eigenvalue weighted by atomic mass is 127. The second kappa shape index (κ2) is 6.38. The zero-order chi connectivity index (χ0) is 13.1. The molecule has 0 spiro atoms. The van der Waals surface area contributed by atoms with E-state index in [1.54, 1.807) is 0 Å². The van der Waals surface area contributed by atoms with Crippen LogP contribution in [0.4, 0.5) is 0 Å². The summed E-state index contributed by atoms with van der Waals surface area (Å²) >= 11 is 8.29. The molecule has 2 unspecified atom stereocenters. The molecule has 0 N–H and O–H groups in total. The topological polar surface area (TPSA) is 17.1 Å². The van der Waals surface area contributed by atoms with Crippen LogP contribution in [0.3, 0.4) is 0 Å². The maximum Gasteiger partial charge on any atom is 0.166 e. The second-order valence-corrected chi connectivity index (χ2v) is 6.62. The molecule has 0 saturated heterocycles. The Bertz CT molecular complexity index is 444. The van der Waals surface area contributed by atoms with Crippen LogP contribution in [0.1, 0.15) is 49.4 Å². The Morgan fingerprint density at radius 2 is 2.11 bits per heavy atom. The van der Waals surface area contributed by atoms with Gasteiger partial charge in [0.05, 0.1) is 5.02 Å². The fourth-order valence-electron chi connectivity index (χ4n) is 2.90. The number of carbonyl (C=O) groups is 1. The average molecular weight is 377 g/mol. The van der Waals surface area contributed by atoms with Crippen molar-refractivity contribution in [2.45, 2.75) is 39.0 Å². The van der Waals surface area contributed by atoms with E-state index in [1.165, 1.54) is 19.3 Å². The number of ketones is 1. The number of hydrogen-bond acceptors (Lipinski definition) is 1. The van der Waals surface area contributed by atoms with E-state index < -0.39 is 0 Å². The molecule has 1 aliphatic carbocycles. The van der Waals surface area contributed by atoms with Crippen molar-refractivity contribution < 1.29 is 4.79 Å². The van der Waals surface area contributed by atoms with Crippen LogP contribution in [-0.4, -0.2) is 5.78 Å². The van der Waals surface area contributed by atoms with Crippen molar-refractivity contribution in [1.29, 1.82) is 0 Å². The lowest BCUT2D eigenvalue weighted by Crippen LogP contribution is -2.27. The average Bonchev–Trinajstić information content (AvgIpc) is 2.41. The molecule has 2 rings (SSSR count). The van der Waals surface area contributed by atoms with E-state index in [1.807, 2.05) is 18.2 Å². The first-order valence-electron chi connectivity index (χ1n) is 6.62. The molecule has 0 aromatic heterocycles. The van der Waals surface area contributed by atoms with Gasteiger partial charge in [0.15, 0.2) is 5.78 Å². The van der Waals surface area contributed by atoms with Crippen molar-refractivity contribution in [2.75, 3.05) is 0 Å². The van der Waals surface area contributed by atoms with Crippen molar-refractivity contribution in [3.05, 3.63) is 32.4 Å². The van der Waals surface area contributed by atoms with Crippen LogP contribution in [0.2, 0.25) is 5.02 Å². The van der Waals surface area contributed by atoms with E-state index in [4.69, 9.17) is 11.6 Å². The minimum atomic E-state index is 0.208. The molecule has 0 heterocycles. The highest BCUT2D eigenvalue weighted by molar-refractivity contribution is 14.1. The van der Waals surface area contributed by atoms with Gasteiger partial charge in [0, 0.05) is 15.1 Å². The van der Waals surface area contributed by atoms with Crippen LogP contribution >= 0.6 is 34.2 Å². The standard InChI is InChI=1S/C15H18ClIO/c1-2-10-5-3-4-6-12(10)15(18)11-7-8-14(17)13(16)9-11/h7-10,12H,2-6H2,1H3. The molecule has 98 valence electrons. The molecule has 0 amide bonds. The van der Waals surface area contributed by atoms with Crippen molar-refractivity contribution in [2.24, 2.45) is 11.8 Å². The maximum absolute atomic E-state index is 12.6. The Labute approximate surface area is 127 Å². The fourth-order valence-corrected chi connectivity index (χ4v) is 3.42. The van der Waals surface area contributed by atoms with Gasteiger partial charge in [-0.2, -0.15) is 0 Å². The third-order valence-electron chi connectivity index (χ3n) is 3.97. The first-order chi connectivity index (χ1) is 8.63. The summed E-state index contributed by atoms with van der Waals surface area (Å²) in [7, 11) is 0. The quantitative estimate of drug-likeness (QED) is 0.514. The van der Waals surface area contributed by atoms with Crippen LogP contribution in [0.5, 0.6) is 0 Å². The molecule has 1 aromatic carbocycles. The Kier molecular flexibility index (Phi) is 5.07. The van der Waals surface area contributed by atoms with Crippen LogP contribution in [0.25, 0.3) is 0 Å². The smallest absolute Gasteiger partial charge is 0.166 e. The summed E-state index contributed by atoms with van der Waals surface area (Å²) < 4.78 is 1.00. The minimum absolute atomic E-state index is 0.208. The third-order valence-corrected chi connectivity index (χ3v) is 5.55. The van der Waals surface area contributed by atoms with Crippen molar-refractivity contribution in [3.8, 4) is 0 Å². The molecule has 1 saturated carbocycles. The lowest BCUT2D eigenvalue weighted by atomic mass is 9.74. The minimum Gasteiger partial charge on any atom is -0.294 e. The molecular weight excluding hydrogens is 359 g/mol. The molecule has 0 bridgehead atoms. The van der Waals surface area contributed by atoms with E-state index >= 15 is 0 Å². The first kappa shape index (κ1) is 14.3. The predicted molar refractivity (Wildman–Crippen MR) is 84.2 cm³/mol. The Morgan fingerprint density at radius 3 is 2.78 bits per heavy atom. The highest BCUT2D eigenvalue weighted by Gasteiger charge is 2.30. The van der Waals surface area contributed by atoms with E-state index in [9.17, 15) is 4.79 Å². The summed E-state index contributed by atoms with van der Waals surface area (Å²) in [5.74, 6) is 1.06. The zero-order valence-electron chi connectivity index (χ0n) is 10.6. The second-order valence-electron chi connectivity index (χ2n) is 5.05. The predicted octanol–water partition coefficient (Wildman–Crippen LogP) is 5.34. The lowest BCUT2D eigenvalue weighted by molar-refractivity contribution is 0.0820. The Morgan fingerprint density at radius 1 is 1.39 bits per heavy atom. The number of carbonyl (C=O) groups excluding carboxylic acids is 1. The van der Waals surface area contributed by atoms with Crippen molar-refractivity contribution >= 4 is 40.0 Å². The Balaban J connectivity index is 2.21. The molecule has 2 atom stereocenters. The summed E-state index contributed by atoms with van der Waals surface area (Å²) in [4.78, 5) is 12.6. The molecule has 1 aliphatic rings. The Hall–Kier alpha value is -0.0900. The summed E-state index contributed by atoms with van der Waals surface area (Å²) in [5, 5.41) is 0.685. The van der Waals surface area contributed by atoms with E-state index in [0.29, 0.717) is 16.7 Å². The van der Waals surface area contributed by atoms with Gasteiger partial charge in [-0.15, -0.1) is 0 Å². The van der Waals surface area contributed by atoms with E-state index in [-0.39, 0.29) is 5.92 Å². The van der Waals surface area contributed by atoms with Crippen LogP contribution < -0.4 is 0 Å². The van der Waals surface area contributed by atoms with Gasteiger partial charge in [0.1, 0.15) is 0 Å². The van der Waals surface area contributed by atoms with Gasteiger partial charge in [-0.25, -0.2) is 0 Å². The van der Waals surface area contributed by atoms with Crippen molar-refractivity contribution in [1.82, 2.24) is 0 Å². The first-order valence-corrected chi connectivity index (χ1v) is 8.08. The van der Waals surface area contributed by atoms with Gasteiger partial charge >= 0.3 is 0 Å². The monoisotopic (exact) mass is 376 g/mol. The van der Waals surface area contributed by atoms with Crippen molar-refractivity contribution in [3.63, 3.8) is 0 Å². The fraction of sp³-hybridized carbons (Fsp3) is 0.533. The molecule has 18 heavy (non-hydrogen) atoms. The molecule has 1 fully saturated rings.